The predicted octanol–water partition coefficient (Wildman–Crippen LogP) is 4.60. The van der Waals surface area contributed by atoms with Crippen LogP contribution in [-0.4, -0.2) is 60.8 Å². The van der Waals surface area contributed by atoms with E-state index in [1.54, 1.807) is 24.3 Å². The molecule has 10 heteroatoms. The molecule has 0 saturated carbocycles. The number of hydrogen-bond acceptors (Lipinski definition) is 7. The lowest BCUT2D eigenvalue weighted by Crippen LogP contribution is -2.30. The van der Waals surface area contributed by atoms with Crippen molar-refractivity contribution in [3.63, 3.8) is 0 Å². The first-order valence-corrected chi connectivity index (χ1v) is 11.8. The maximum absolute atomic E-state index is 13.2. The summed E-state index contributed by atoms with van der Waals surface area (Å²) in [6.07, 6.45) is 1.05. The summed E-state index contributed by atoms with van der Waals surface area (Å²) in [4.78, 5) is 27.6. The third kappa shape index (κ3) is 5.19. The highest BCUT2D eigenvalue weighted by molar-refractivity contribution is 6.47. The fraction of sp³-hybridized carbons (Fsp3) is 0.360. The largest absolute Gasteiger partial charge is 0.507 e. The number of ether oxygens (including phenoxy) is 3. The monoisotopic (exact) mass is 523 g/mol. The van der Waals surface area contributed by atoms with Crippen LogP contribution >= 0.6 is 23.2 Å². The molecule has 0 radical (unpaired) electrons. The Bertz CT molecular complexity index is 1150. The molecule has 35 heavy (non-hydrogen) atoms. The van der Waals surface area contributed by atoms with Crippen molar-refractivity contribution >= 4 is 40.7 Å². The van der Waals surface area contributed by atoms with E-state index in [1.807, 2.05) is 6.92 Å². The van der Waals surface area contributed by atoms with E-state index in [2.05, 4.69) is 0 Å². The molecule has 1 amide bonds. The van der Waals surface area contributed by atoms with Gasteiger partial charge in [0.2, 0.25) is 0 Å². The van der Waals surface area contributed by atoms with Gasteiger partial charge in [-0.2, -0.15) is 0 Å². The van der Waals surface area contributed by atoms with Crippen LogP contribution < -0.4 is 14.2 Å². The second-order valence-corrected chi connectivity index (χ2v) is 8.56. The number of carbonyl (C=O) groups is 2. The van der Waals surface area contributed by atoms with Crippen LogP contribution in [0.1, 0.15) is 36.9 Å². The normalized spacial score (nSPS) is 17.1. The van der Waals surface area contributed by atoms with Crippen LogP contribution in [0.2, 0.25) is 10.0 Å². The maximum Gasteiger partial charge on any atom is 0.295 e. The number of Topliss-reactive ketones (excluding diaryl/α,β-unsaturated/α-hetero) is 1. The predicted molar refractivity (Wildman–Crippen MR) is 133 cm³/mol. The van der Waals surface area contributed by atoms with Gasteiger partial charge in [-0.3, -0.25) is 9.59 Å². The van der Waals surface area contributed by atoms with Gasteiger partial charge in [-0.25, -0.2) is 0 Å². The first-order valence-electron chi connectivity index (χ1n) is 11.0. The summed E-state index contributed by atoms with van der Waals surface area (Å²) in [5.74, 6) is -1.33. The molecule has 8 nitrogen and oxygen atoms in total. The molecule has 0 spiro atoms. The molecule has 1 fully saturated rings. The molecule has 1 atom stereocenters. The van der Waals surface area contributed by atoms with E-state index in [1.165, 1.54) is 25.2 Å². The SMILES string of the molecule is CCCN1C(=O)C(=O)/C(=C(/O)c2cc(Cl)c(OC)c(Cl)c2OC)C1c1cccc(OCCCO)c1. The molecule has 0 aliphatic carbocycles. The second-order valence-electron chi connectivity index (χ2n) is 7.78. The minimum absolute atomic E-state index is 0.00876. The van der Waals surface area contributed by atoms with Crippen molar-refractivity contribution in [2.75, 3.05) is 34.0 Å². The molecule has 2 aromatic carbocycles. The van der Waals surface area contributed by atoms with Crippen LogP contribution in [0.4, 0.5) is 0 Å². The average molecular weight is 524 g/mol. The van der Waals surface area contributed by atoms with Crippen LogP contribution in [-0.2, 0) is 9.59 Å². The van der Waals surface area contributed by atoms with Crippen molar-refractivity contribution in [3.8, 4) is 17.2 Å². The highest BCUT2D eigenvalue weighted by atomic mass is 35.5. The Morgan fingerprint density at radius 2 is 1.83 bits per heavy atom. The lowest BCUT2D eigenvalue weighted by molar-refractivity contribution is -0.139. The van der Waals surface area contributed by atoms with E-state index in [-0.39, 0.29) is 39.3 Å². The van der Waals surface area contributed by atoms with Crippen LogP contribution in [0, 0.1) is 0 Å². The summed E-state index contributed by atoms with van der Waals surface area (Å²) in [5, 5.41) is 20.5. The molecule has 188 valence electrons. The Kier molecular flexibility index (Phi) is 8.88. The minimum Gasteiger partial charge on any atom is -0.507 e. The number of nitrogens with zero attached hydrogens (tertiary/aromatic N) is 1. The van der Waals surface area contributed by atoms with E-state index in [0.717, 1.165) is 0 Å². The van der Waals surface area contributed by atoms with Gasteiger partial charge in [-0.05, 0) is 30.2 Å². The zero-order chi connectivity index (χ0) is 25.7. The van der Waals surface area contributed by atoms with Crippen LogP contribution in [0.25, 0.3) is 5.76 Å². The minimum atomic E-state index is -0.874. The topological polar surface area (TPSA) is 106 Å². The molecular weight excluding hydrogens is 497 g/mol. The number of ketones is 1. The Morgan fingerprint density at radius 3 is 2.46 bits per heavy atom. The Morgan fingerprint density at radius 1 is 1.11 bits per heavy atom. The number of aliphatic hydroxyl groups is 2. The quantitative estimate of drug-likeness (QED) is 0.203. The number of benzene rings is 2. The number of carbonyl (C=O) groups excluding carboxylic acids is 2. The van der Waals surface area contributed by atoms with Crippen molar-refractivity contribution in [3.05, 3.63) is 57.1 Å². The molecule has 1 aliphatic rings. The summed E-state index contributed by atoms with van der Waals surface area (Å²) in [6, 6.07) is 7.42. The average Bonchev–Trinajstić information content (AvgIpc) is 3.09. The third-order valence-corrected chi connectivity index (χ3v) is 6.17. The van der Waals surface area contributed by atoms with Gasteiger partial charge >= 0.3 is 0 Å². The first kappa shape index (κ1) is 26.7. The van der Waals surface area contributed by atoms with Crippen molar-refractivity contribution in [2.45, 2.75) is 25.8 Å². The Hall–Kier alpha value is -2.94. The molecule has 3 rings (SSSR count). The van der Waals surface area contributed by atoms with Gasteiger partial charge in [-0.1, -0.05) is 42.3 Å². The van der Waals surface area contributed by atoms with Gasteiger partial charge in [0, 0.05) is 19.6 Å². The molecule has 2 N–H and O–H groups in total. The van der Waals surface area contributed by atoms with Gasteiger partial charge in [0.25, 0.3) is 11.7 Å². The molecule has 0 bridgehead atoms. The second kappa shape index (κ2) is 11.7. The van der Waals surface area contributed by atoms with Crippen LogP contribution in [0.3, 0.4) is 0 Å². The molecule has 0 aromatic heterocycles. The van der Waals surface area contributed by atoms with Crippen molar-refractivity contribution < 1.29 is 34.0 Å². The highest BCUT2D eigenvalue weighted by Crippen LogP contribution is 2.47. The van der Waals surface area contributed by atoms with E-state index in [0.29, 0.717) is 37.3 Å². The standard InChI is InChI=1S/C25H27Cl2NO7/c1-4-9-28-20(14-7-5-8-15(12-14)35-11-6-10-29)18(22(31)25(28)32)21(30)16-13-17(26)24(34-3)19(27)23(16)33-2/h5,7-8,12-13,20,29-30H,4,6,9-11H2,1-3H3/b21-18+. The number of hydrogen-bond donors (Lipinski definition) is 2. The molecule has 1 aliphatic heterocycles. The van der Waals surface area contributed by atoms with E-state index in [9.17, 15) is 14.7 Å². The molecule has 2 aromatic rings. The molecule has 1 heterocycles. The number of amides is 1. The summed E-state index contributed by atoms with van der Waals surface area (Å²) in [6.45, 7) is 2.47. The number of rotatable bonds is 10. The lowest BCUT2D eigenvalue weighted by atomic mass is 9.94. The Balaban J connectivity index is 2.22. The number of aliphatic hydroxyl groups excluding tert-OH is 2. The number of likely N-dealkylation sites (tertiary alicyclic amines) is 1. The maximum atomic E-state index is 13.2. The number of halogens is 2. The van der Waals surface area contributed by atoms with Crippen molar-refractivity contribution in [1.29, 1.82) is 0 Å². The first-order chi connectivity index (χ1) is 16.8. The van der Waals surface area contributed by atoms with Crippen LogP contribution in [0.5, 0.6) is 17.2 Å². The zero-order valence-electron chi connectivity index (χ0n) is 19.6. The van der Waals surface area contributed by atoms with Gasteiger partial charge in [0.05, 0.1) is 43.0 Å². The summed E-state index contributed by atoms with van der Waals surface area (Å²) < 4.78 is 16.3. The molecular formula is C25H27Cl2NO7. The third-order valence-electron chi connectivity index (χ3n) is 5.54. The van der Waals surface area contributed by atoms with E-state index in [4.69, 9.17) is 42.5 Å². The van der Waals surface area contributed by atoms with Gasteiger partial charge < -0.3 is 29.3 Å². The van der Waals surface area contributed by atoms with Crippen molar-refractivity contribution in [2.24, 2.45) is 0 Å². The van der Waals surface area contributed by atoms with Crippen LogP contribution in [0.15, 0.2) is 35.9 Å². The molecule has 1 unspecified atom stereocenters. The van der Waals surface area contributed by atoms with Gasteiger partial charge in [-0.15, -0.1) is 0 Å². The van der Waals surface area contributed by atoms with E-state index < -0.39 is 23.5 Å². The fourth-order valence-electron chi connectivity index (χ4n) is 4.02. The van der Waals surface area contributed by atoms with Crippen molar-refractivity contribution in [1.82, 2.24) is 4.90 Å². The number of methoxy groups -OCH3 is 2. The van der Waals surface area contributed by atoms with Gasteiger partial charge in [0.15, 0.2) is 11.5 Å². The molecule has 1 saturated heterocycles. The van der Waals surface area contributed by atoms with E-state index >= 15 is 0 Å². The summed E-state index contributed by atoms with van der Waals surface area (Å²) in [5.41, 5.74) is 0.509. The smallest absolute Gasteiger partial charge is 0.295 e. The zero-order valence-corrected chi connectivity index (χ0v) is 21.2. The lowest BCUT2D eigenvalue weighted by Gasteiger charge is -2.25. The summed E-state index contributed by atoms with van der Waals surface area (Å²) in [7, 11) is 2.74. The fourth-order valence-corrected chi connectivity index (χ4v) is 4.71. The van der Waals surface area contributed by atoms with Gasteiger partial charge in [0.1, 0.15) is 16.5 Å². The Labute approximate surface area is 213 Å². The summed E-state index contributed by atoms with van der Waals surface area (Å²) >= 11 is 12.7. The highest BCUT2D eigenvalue weighted by Gasteiger charge is 2.46.